The van der Waals surface area contributed by atoms with E-state index in [1.54, 1.807) is 16.5 Å². The van der Waals surface area contributed by atoms with Crippen molar-refractivity contribution in [2.45, 2.75) is 24.4 Å². The minimum Gasteiger partial charge on any atom is -0.395 e. The number of hydrogen-bond acceptors (Lipinski definition) is 8. The number of likely N-dealkylation sites (tertiary alicyclic amines) is 1. The van der Waals surface area contributed by atoms with Gasteiger partial charge in [0.2, 0.25) is 0 Å². The fourth-order valence-electron chi connectivity index (χ4n) is 2.74. The Balaban J connectivity index is 2.09. The van der Waals surface area contributed by atoms with Crippen molar-refractivity contribution in [2.75, 3.05) is 19.4 Å². The van der Waals surface area contributed by atoms with Gasteiger partial charge in [-0.3, -0.25) is 9.47 Å². The Hall–Kier alpha value is -1.81. The van der Waals surface area contributed by atoms with Crippen LogP contribution in [-0.2, 0) is 0 Å². The Morgan fingerprint density at radius 2 is 2.00 bits per heavy atom. The summed E-state index contributed by atoms with van der Waals surface area (Å²) >= 11 is 0. The highest BCUT2D eigenvalue weighted by molar-refractivity contribution is 5.81. The number of fused-ring (bicyclic) bond motifs is 1. The average molecular weight is 280 g/mol. The predicted molar refractivity (Wildman–Crippen MR) is 69.4 cm³/mol. The van der Waals surface area contributed by atoms with E-state index < -0.39 is 24.4 Å². The first-order valence-corrected chi connectivity index (χ1v) is 6.18. The summed E-state index contributed by atoms with van der Waals surface area (Å²) in [4.78, 5) is 13.8. The highest BCUT2D eigenvalue weighted by atomic mass is 16.3. The SMILES string of the molecule is CN1[C@H](CO)[C@@H](O)[C@@H](O)[C@@H]1n1cnc2c(N)ncnc21. The maximum Gasteiger partial charge on any atom is 0.166 e. The Morgan fingerprint density at radius 3 is 2.65 bits per heavy atom. The van der Waals surface area contributed by atoms with Gasteiger partial charge in [0.25, 0.3) is 0 Å². The zero-order chi connectivity index (χ0) is 14.4. The van der Waals surface area contributed by atoms with E-state index in [9.17, 15) is 15.3 Å². The van der Waals surface area contributed by atoms with Gasteiger partial charge in [-0.1, -0.05) is 0 Å². The average Bonchev–Trinajstić information content (AvgIpc) is 2.92. The summed E-state index contributed by atoms with van der Waals surface area (Å²) in [5.41, 5.74) is 6.64. The second-order valence-electron chi connectivity index (χ2n) is 4.89. The summed E-state index contributed by atoms with van der Waals surface area (Å²) in [6.07, 6.45) is 0.114. The summed E-state index contributed by atoms with van der Waals surface area (Å²) in [5, 5.41) is 29.5. The lowest BCUT2D eigenvalue weighted by Gasteiger charge is -2.25. The standard InChI is InChI=1S/C11H16N6O3/c1-16-5(2-18)7(19)8(20)11(16)17-4-15-6-9(12)13-3-14-10(6)17/h3-5,7-8,11,18-20H,2H2,1H3,(H2,12,13,14)/t5-,7-,8-,11+/m1/s1. The van der Waals surface area contributed by atoms with Crippen LogP contribution in [0.5, 0.6) is 0 Å². The lowest BCUT2D eigenvalue weighted by atomic mass is 10.1. The van der Waals surface area contributed by atoms with Crippen LogP contribution in [0.3, 0.4) is 0 Å². The van der Waals surface area contributed by atoms with Crippen LogP contribution in [0.25, 0.3) is 11.2 Å². The van der Waals surface area contributed by atoms with Crippen molar-refractivity contribution in [2.24, 2.45) is 0 Å². The van der Waals surface area contributed by atoms with Crippen LogP contribution >= 0.6 is 0 Å². The number of likely N-dealkylation sites (N-methyl/N-ethyl adjacent to an activating group) is 1. The zero-order valence-corrected chi connectivity index (χ0v) is 10.8. The van der Waals surface area contributed by atoms with E-state index in [0.717, 1.165) is 0 Å². The molecule has 0 bridgehead atoms. The molecule has 2 aromatic rings. The maximum atomic E-state index is 10.2. The van der Waals surface area contributed by atoms with Crippen molar-refractivity contribution in [3.63, 3.8) is 0 Å². The summed E-state index contributed by atoms with van der Waals surface area (Å²) in [6, 6.07) is -0.549. The number of aliphatic hydroxyl groups excluding tert-OH is 3. The lowest BCUT2D eigenvalue weighted by molar-refractivity contribution is 0.0112. The van der Waals surface area contributed by atoms with Crippen LogP contribution in [0.1, 0.15) is 6.17 Å². The molecular weight excluding hydrogens is 264 g/mol. The summed E-state index contributed by atoms with van der Waals surface area (Å²) < 4.78 is 1.62. The van der Waals surface area contributed by atoms with Crippen LogP contribution in [0.4, 0.5) is 5.82 Å². The molecule has 9 nitrogen and oxygen atoms in total. The molecule has 1 saturated heterocycles. The van der Waals surface area contributed by atoms with Crippen LogP contribution in [0.2, 0.25) is 0 Å². The van der Waals surface area contributed by atoms with Gasteiger partial charge in [0.15, 0.2) is 11.5 Å². The molecule has 0 radical (unpaired) electrons. The number of aliphatic hydroxyl groups is 3. The highest BCUT2D eigenvalue weighted by Gasteiger charge is 2.46. The van der Waals surface area contributed by atoms with E-state index in [2.05, 4.69) is 15.0 Å². The predicted octanol–water partition coefficient (Wildman–Crippen LogP) is -2.06. The zero-order valence-electron chi connectivity index (χ0n) is 10.8. The number of rotatable bonds is 2. The summed E-state index contributed by atoms with van der Waals surface area (Å²) in [6.45, 7) is -0.255. The van der Waals surface area contributed by atoms with Gasteiger partial charge in [0.05, 0.1) is 19.0 Å². The Kier molecular flexibility index (Phi) is 3.05. The third-order valence-electron chi connectivity index (χ3n) is 3.85. The first-order valence-electron chi connectivity index (χ1n) is 6.18. The molecule has 1 aliphatic heterocycles. The molecule has 2 aromatic heterocycles. The van der Waals surface area contributed by atoms with E-state index >= 15 is 0 Å². The molecule has 0 aliphatic carbocycles. The molecule has 0 aromatic carbocycles. The minimum absolute atomic E-state index is 0.253. The van der Waals surface area contributed by atoms with Crippen molar-refractivity contribution >= 4 is 17.0 Å². The Bertz CT molecular complexity index is 632. The van der Waals surface area contributed by atoms with Crippen molar-refractivity contribution in [1.82, 2.24) is 24.4 Å². The number of nitrogens with zero attached hydrogens (tertiary/aromatic N) is 5. The van der Waals surface area contributed by atoms with Gasteiger partial charge in [0.1, 0.15) is 30.2 Å². The van der Waals surface area contributed by atoms with Gasteiger partial charge in [0, 0.05) is 0 Å². The summed E-state index contributed by atoms with van der Waals surface area (Å²) in [5.74, 6) is 0.253. The third kappa shape index (κ3) is 1.68. The third-order valence-corrected chi connectivity index (χ3v) is 3.85. The summed E-state index contributed by atoms with van der Waals surface area (Å²) in [7, 11) is 1.71. The smallest absolute Gasteiger partial charge is 0.166 e. The molecule has 0 amide bonds. The van der Waals surface area contributed by atoms with Gasteiger partial charge in [-0.05, 0) is 7.05 Å². The van der Waals surface area contributed by atoms with Crippen LogP contribution in [0.15, 0.2) is 12.7 Å². The maximum absolute atomic E-state index is 10.2. The molecule has 5 N–H and O–H groups in total. The Morgan fingerprint density at radius 1 is 1.25 bits per heavy atom. The number of nitrogens with two attached hydrogens (primary N) is 1. The second kappa shape index (κ2) is 4.63. The molecule has 1 aliphatic rings. The molecule has 0 unspecified atom stereocenters. The van der Waals surface area contributed by atoms with E-state index in [4.69, 9.17) is 5.73 Å². The molecular formula is C11H16N6O3. The molecule has 0 saturated carbocycles. The van der Waals surface area contributed by atoms with Gasteiger partial charge >= 0.3 is 0 Å². The van der Waals surface area contributed by atoms with E-state index in [0.29, 0.717) is 11.2 Å². The van der Waals surface area contributed by atoms with Gasteiger partial charge in [-0.25, -0.2) is 15.0 Å². The second-order valence-corrected chi connectivity index (χ2v) is 4.89. The van der Waals surface area contributed by atoms with E-state index in [-0.39, 0.29) is 12.4 Å². The van der Waals surface area contributed by atoms with Gasteiger partial charge in [-0.2, -0.15) is 0 Å². The molecule has 3 rings (SSSR count). The van der Waals surface area contributed by atoms with Crippen molar-refractivity contribution in [1.29, 1.82) is 0 Å². The van der Waals surface area contributed by atoms with Crippen molar-refractivity contribution in [3.05, 3.63) is 12.7 Å². The molecule has 3 heterocycles. The number of aromatic nitrogens is 4. The number of imidazole rings is 1. The largest absolute Gasteiger partial charge is 0.395 e. The molecule has 108 valence electrons. The molecule has 1 fully saturated rings. The van der Waals surface area contributed by atoms with Gasteiger partial charge < -0.3 is 21.1 Å². The van der Waals surface area contributed by atoms with Crippen LogP contribution in [0, 0.1) is 0 Å². The Labute approximate surface area is 114 Å². The monoisotopic (exact) mass is 280 g/mol. The highest BCUT2D eigenvalue weighted by Crippen LogP contribution is 2.33. The quantitative estimate of drug-likeness (QED) is 0.493. The fraction of sp³-hybridized carbons (Fsp3) is 0.545. The molecule has 0 spiro atoms. The van der Waals surface area contributed by atoms with Crippen molar-refractivity contribution < 1.29 is 15.3 Å². The fourth-order valence-corrected chi connectivity index (χ4v) is 2.74. The number of nitrogen functional groups attached to an aromatic ring is 1. The topological polar surface area (TPSA) is 134 Å². The van der Waals surface area contributed by atoms with Gasteiger partial charge in [-0.15, -0.1) is 0 Å². The molecule has 20 heavy (non-hydrogen) atoms. The van der Waals surface area contributed by atoms with Crippen LogP contribution in [-0.4, -0.2) is 71.6 Å². The first kappa shape index (κ1) is 13.2. The first-order chi connectivity index (χ1) is 9.56. The minimum atomic E-state index is -1.06. The normalized spacial score (nSPS) is 31.2. The number of hydrogen-bond donors (Lipinski definition) is 4. The number of anilines is 1. The van der Waals surface area contributed by atoms with Crippen LogP contribution < -0.4 is 5.73 Å². The van der Waals surface area contributed by atoms with E-state index in [1.807, 2.05) is 0 Å². The lowest BCUT2D eigenvalue weighted by Crippen LogP contribution is -2.37. The van der Waals surface area contributed by atoms with E-state index in [1.165, 1.54) is 12.7 Å². The van der Waals surface area contributed by atoms with Crippen molar-refractivity contribution in [3.8, 4) is 0 Å². The molecule has 9 heteroatoms. The molecule has 4 atom stereocenters.